The van der Waals surface area contributed by atoms with Crippen molar-refractivity contribution in [3.63, 3.8) is 0 Å². The second-order valence-electron chi connectivity index (χ2n) is 4.14. The van der Waals surface area contributed by atoms with Crippen LogP contribution in [0.3, 0.4) is 0 Å². The van der Waals surface area contributed by atoms with Crippen molar-refractivity contribution in [1.29, 1.82) is 5.26 Å². The molecule has 1 unspecified atom stereocenters. The van der Waals surface area contributed by atoms with E-state index in [9.17, 15) is 14.9 Å². The number of nitriles is 1. The molecule has 1 amide bonds. The van der Waals surface area contributed by atoms with Crippen LogP contribution in [-0.4, -0.2) is 29.3 Å². The van der Waals surface area contributed by atoms with Crippen LogP contribution in [0.25, 0.3) is 0 Å². The molecule has 0 saturated heterocycles. The van der Waals surface area contributed by atoms with Gasteiger partial charge in [-0.2, -0.15) is 5.26 Å². The normalized spacial score (nSPS) is 11.5. The first-order valence-electron chi connectivity index (χ1n) is 5.45. The minimum Gasteiger partial charge on any atom is -0.340 e. The molecule has 0 saturated carbocycles. The molecule has 1 rings (SSSR count). The first-order chi connectivity index (χ1) is 8.86. The third kappa shape index (κ3) is 3.66. The van der Waals surface area contributed by atoms with Crippen LogP contribution in [-0.2, 0) is 0 Å². The van der Waals surface area contributed by atoms with Crippen LogP contribution in [0.2, 0.25) is 5.02 Å². The Morgan fingerprint density at radius 2 is 2.26 bits per heavy atom. The van der Waals surface area contributed by atoms with Crippen molar-refractivity contribution >= 4 is 23.2 Å². The van der Waals surface area contributed by atoms with E-state index in [0.29, 0.717) is 0 Å². The van der Waals surface area contributed by atoms with Crippen molar-refractivity contribution in [2.75, 3.05) is 13.6 Å². The highest BCUT2D eigenvalue weighted by atomic mass is 35.5. The summed E-state index contributed by atoms with van der Waals surface area (Å²) < 4.78 is 0. The highest BCUT2D eigenvalue weighted by Crippen LogP contribution is 2.25. The predicted molar refractivity (Wildman–Crippen MR) is 69.8 cm³/mol. The Kier molecular flexibility index (Phi) is 4.84. The van der Waals surface area contributed by atoms with Crippen LogP contribution in [0.15, 0.2) is 18.2 Å². The average molecular weight is 282 g/mol. The Hall–Kier alpha value is -2.13. The number of nitro benzene ring substituents is 1. The van der Waals surface area contributed by atoms with Gasteiger partial charge in [0.15, 0.2) is 0 Å². The summed E-state index contributed by atoms with van der Waals surface area (Å²) in [6.07, 6.45) is 0. The lowest BCUT2D eigenvalue weighted by Gasteiger charge is -2.18. The molecule has 0 aliphatic rings. The highest BCUT2D eigenvalue weighted by molar-refractivity contribution is 6.32. The molecule has 6 nitrogen and oxygen atoms in total. The third-order valence-corrected chi connectivity index (χ3v) is 2.82. The van der Waals surface area contributed by atoms with Crippen molar-refractivity contribution in [3.8, 4) is 6.07 Å². The lowest BCUT2D eigenvalue weighted by atomic mass is 10.1. The number of rotatable bonds is 4. The Bertz CT molecular complexity index is 554. The van der Waals surface area contributed by atoms with E-state index in [2.05, 4.69) is 0 Å². The third-order valence-electron chi connectivity index (χ3n) is 2.50. The number of hydrogen-bond acceptors (Lipinski definition) is 4. The zero-order valence-corrected chi connectivity index (χ0v) is 11.2. The van der Waals surface area contributed by atoms with Crippen molar-refractivity contribution in [2.24, 2.45) is 5.92 Å². The van der Waals surface area contributed by atoms with Gasteiger partial charge >= 0.3 is 0 Å². The van der Waals surface area contributed by atoms with Gasteiger partial charge in [0.25, 0.3) is 11.6 Å². The molecule has 19 heavy (non-hydrogen) atoms. The molecule has 0 heterocycles. The Balaban J connectivity index is 2.98. The first kappa shape index (κ1) is 14.9. The maximum Gasteiger partial charge on any atom is 0.288 e. The van der Waals surface area contributed by atoms with Gasteiger partial charge in [0.1, 0.15) is 5.02 Å². The van der Waals surface area contributed by atoms with Gasteiger partial charge in [-0.05, 0) is 19.1 Å². The molecule has 0 aromatic heterocycles. The fourth-order valence-electron chi connectivity index (χ4n) is 1.54. The second kappa shape index (κ2) is 6.16. The molecule has 0 radical (unpaired) electrons. The molecule has 1 atom stereocenters. The van der Waals surface area contributed by atoms with Crippen LogP contribution in [0.1, 0.15) is 17.3 Å². The van der Waals surface area contributed by atoms with Gasteiger partial charge in [-0.25, -0.2) is 0 Å². The fraction of sp³-hybridized carbons (Fsp3) is 0.333. The van der Waals surface area contributed by atoms with Gasteiger partial charge in [0.2, 0.25) is 0 Å². The number of nitro groups is 1. The van der Waals surface area contributed by atoms with Crippen molar-refractivity contribution in [3.05, 3.63) is 38.9 Å². The minimum absolute atomic E-state index is 0.0189. The molecule has 0 fully saturated rings. The Morgan fingerprint density at radius 1 is 1.63 bits per heavy atom. The number of halogens is 1. The molecule has 1 aromatic rings. The number of hydrogen-bond donors (Lipinski definition) is 0. The maximum absolute atomic E-state index is 12.0. The smallest absolute Gasteiger partial charge is 0.288 e. The summed E-state index contributed by atoms with van der Waals surface area (Å²) in [5.74, 6) is -0.696. The van der Waals surface area contributed by atoms with Gasteiger partial charge < -0.3 is 4.90 Å². The van der Waals surface area contributed by atoms with E-state index in [0.717, 1.165) is 6.07 Å². The molecular weight excluding hydrogens is 270 g/mol. The number of amides is 1. The van der Waals surface area contributed by atoms with Crippen LogP contribution in [0.5, 0.6) is 0 Å². The fourth-order valence-corrected chi connectivity index (χ4v) is 1.73. The molecule has 0 aliphatic carbocycles. The van der Waals surface area contributed by atoms with Crippen LogP contribution >= 0.6 is 11.6 Å². The number of benzene rings is 1. The number of nitrogens with zero attached hydrogens (tertiary/aromatic N) is 3. The summed E-state index contributed by atoms with van der Waals surface area (Å²) in [6.45, 7) is 1.94. The zero-order chi connectivity index (χ0) is 14.6. The van der Waals surface area contributed by atoms with Gasteiger partial charge in [-0.1, -0.05) is 11.6 Å². The molecular formula is C12H12ClN3O3. The van der Waals surface area contributed by atoms with Crippen molar-refractivity contribution in [2.45, 2.75) is 6.92 Å². The summed E-state index contributed by atoms with van der Waals surface area (Å²) in [5.41, 5.74) is -0.141. The standard InChI is InChI=1S/C12H12ClN3O3/c1-8(6-14)7-15(2)12(17)9-3-4-10(13)11(5-9)16(18)19/h3-5,8H,7H2,1-2H3. The van der Waals surface area contributed by atoms with E-state index in [1.807, 2.05) is 6.07 Å². The van der Waals surface area contributed by atoms with E-state index in [4.69, 9.17) is 16.9 Å². The molecule has 0 spiro atoms. The average Bonchev–Trinajstić information content (AvgIpc) is 2.37. The van der Waals surface area contributed by atoms with E-state index in [-0.39, 0.29) is 34.6 Å². The number of carbonyl (C=O) groups excluding carboxylic acids is 1. The Morgan fingerprint density at radius 3 is 2.79 bits per heavy atom. The van der Waals surface area contributed by atoms with E-state index < -0.39 is 4.92 Å². The zero-order valence-electron chi connectivity index (χ0n) is 10.5. The summed E-state index contributed by atoms with van der Waals surface area (Å²) in [6, 6.07) is 5.89. The lowest BCUT2D eigenvalue weighted by molar-refractivity contribution is -0.384. The number of carbonyl (C=O) groups is 1. The predicted octanol–water partition coefficient (Wildman–Crippen LogP) is 2.48. The SMILES string of the molecule is CC(C#N)CN(C)C(=O)c1ccc(Cl)c([N+](=O)[O-])c1. The van der Waals surface area contributed by atoms with Crippen molar-refractivity contribution < 1.29 is 9.72 Å². The summed E-state index contributed by atoms with van der Waals surface area (Å²) in [4.78, 5) is 23.5. The molecule has 0 aliphatic heterocycles. The first-order valence-corrected chi connectivity index (χ1v) is 5.83. The van der Waals surface area contributed by atoms with Gasteiger partial charge in [0, 0.05) is 25.2 Å². The molecule has 1 aromatic carbocycles. The largest absolute Gasteiger partial charge is 0.340 e. The maximum atomic E-state index is 12.0. The van der Waals surface area contributed by atoms with Crippen LogP contribution < -0.4 is 0 Å². The molecule has 0 bridgehead atoms. The van der Waals surface area contributed by atoms with E-state index in [1.165, 1.54) is 24.1 Å². The van der Waals surface area contributed by atoms with Crippen molar-refractivity contribution in [1.82, 2.24) is 4.90 Å². The second-order valence-corrected chi connectivity index (χ2v) is 4.55. The van der Waals surface area contributed by atoms with Gasteiger partial charge in [0.05, 0.1) is 16.9 Å². The van der Waals surface area contributed by atoms with Gasteiger partial charge in [-0.15, -0.1) is 0 Å². The Labute approximate surface area is 115 Å². The van der Waals surface area contributed by atoms with Crippen LogP contribution in [0.4, 0.5) is 5.69 Å². The summed E-state index contributed by atoms with van der Waals surface area (Å²) in [5, 5.41) is 19.4. The molecule has 0 N–H and O–H groups in total. The summed E-state index contributed by atoms with van der Waals surface area (Å²) in [7, 11) is 1.54. The molecule has 7 heteroatoms. The van der Waals surface area contributed by atoms with Gasteiger partial charge in [-0.3, -0.25) is 14.9 Å². The summed E-state index contributed by atoms with van der Waals surface area (Å²) >= 11 is 5.67. The van der Waals surface area contributed by atoms with Crippen LogP contribution in [0, 0.1) is 27.4 Å². The minimum atomic E-state index is -0.642. The topological polar surface area (TPSA) is 87.2 Å². The molecule has 100 valence electrons. The van der Waals surface area contributed by atoms with E-state index in [1.54, 1.807) is 6.92 Å². The van der Waals surface area contributed by atoms with E-state index >= 15 is 0 Å². The quantitative estimate of drug-likeness (QED) is 0.626. The monoisotopic (exact) mass is 281 g/mol. The lowest BCUT2D eigenvalue weighted by Crippen LogP contribution is -2.30. The highest BCUT2D eigenvalue weighted by Gasteiger charge is 2.19.